The van der Waals surface area contributed by atoms with Gasteiger partial charge in [0.2, 0.25) is 5.91 Å². The molecule has 2 aromatic heterocycles. The van der Waals surface area contributed by atoms with Crippen molar-refractivity contribution in [1.29, 1.82) is 0 Å². The number of hydrogen-bond acceptors (Lipinski definition) is 5. The van der Waals surface area contributed by atoms with E-state index in [9.17, 15) is 4.79 Å². The predicted octanol–water partition coefficient (Wildman–Crippen LogP) is 1.31. The lowest BCUT2D eigenvalue weighted by Gasteiger charge is -2.50. The average molecular weight is 384 g/mol. The van der Waals surface area contributed by atoms with Gasteiger partial charge in [0.1, 0.15) is 6.61 Å². The second-order valence-corrected chi connectivity index (χ2v) is 7.63. The SMILES string of the molecule is C=CCn1cc(CN2CCC3(CC2)c2nc[nH]c2CCN3C(=O)COC)cn1. The normalized spacial score (nSPS) is 19.0. The fourth-order valence-corrected chi connectivity index (χ4v) is 4.61. The number of imidazole rings is 1. The molecular formula is C20H28N6O2. The van der Waals surface area contributed by atoms with Crippen LogP contribution >= 0.6 is 0 Å². The zero-order valence-corrected chi connectivity index (χ0v) is 16.4. The number of hydrogen-bond donors (Lipinski definition) is 1. The van der Waals surface area contributed by atoms with E-state index in [4.69, 9.17) is 4.74 Å². The molecule has 1 amide bonds. The van der Waals surface area contributed by atoms with E-state index in [1.165, 1.54) is 11.3 Å². The van der Waals surface area contributed by atoms with Gasteiger partial charge in [-0.05, 0) is 12.8 Å². The molecular weight excluding hydrogens is 356 g/mol. The number of likely N-dealkylation sites (tertiary alicyclic amines) is 1. The first-order chi connectivity index (χ1) is 13.7. The number of ether oxygens (including phenoxy) is 1. The maximum Gasteiger partial charge on any atom is 0.249 e. The minimum atomic E-state index is -0.327. The van der Waals surface area contributed by atoms with E-state index < -0.39 is 0 Å². The molecule has 1 fully saturated rings. The monoisotopic (exact) mass is 384 g/mol. The van der Waals surface area contributed by atoms with Crippen LogP contribution in [0.2, 0.25) is 0 Å². The number of carbonyl (C=O) groups excluding carboxylic acids is 1. The highest BCUT2D eigenvalue weighted by Crippen LogP contribution is 2.42. The summed E-state index contributed by atoms with van der Waals surface area (Å²) in [5.41, 5.74) is 3.09. The summed E-state index contributed by atoms with van der Waals surface area (Å²) in [7, 11) is 1.57. The number of amides is 1. The largest absolute Gasteiger partial charge is 0.375 e. The van der Waals surface area contributed by atoms with Crippen LogP contribution in [0.4, 0.5) is 0 Å². The summed E-state index contributed by atoms with van der Waals surface area (Å²) in [4.78, 5) is 25.1. The highest BCUT2D eigenvalue weighted by atomic mass is 16.5. The fraction of sp³-hybridized carbons (Fsp3) is 0.550. The van der Waals surface area contributed by atoms with Gasteiger partial charge in [-0.3, -0.25) is 14.4 Å². The Morgan fingerprint density at radius 1 is 1.39 bits per heavy atom. The van der Waals surface area contributed by atoms with Crippen LogP contribution in [0.1, 0.15) is 29.8 Å². The lowest BCUT2D eigenvalue weighted by molar-refractivity contribution is -0.146. The topological polar surface area (TPSA) is 79.3 Å². The van der Waals surface area contributed by atoms with Gasteiger partial charge >= 0.3 is 0 Å². The van der Waals surface area contributed by atoms with Crippen LogP contribution in [0.15, 0.2) is 31.4 Å². The van der Waals surface area contributed by atoms with Crippen molar-refractivity contribution >= 4 is 5.91 Å². The van der Waals surface area contributed by atoms with E-state index in [1.807, 2.05) is 21.9 Å². The standard InChI is InChI=1S/C20H28N6O2/c1-3-7-25-13-16(11-23-25)12-24-9-5-20(6-10-24)19-17(21-15-22-19)4-8-26(20)18(27)14-28-2/h3,11,13,15H,1,4-10,12,14H2,2H3,(H,21,22). The summed E-state index contributed by atoms with van der Waals surface area (Å²) in [5.74, 6) is 0.0512. The first-order valence-corrected chi connectivity index (χ1v) is 9.83. The van der Waals surface area contributed by atoms with Gasteiger partial charge in [-0.1, -0.05) is 6.08 Å². The quantitative estimate of drug-likeness (QED) is 0.760. The van der Waals surface area contributed by atoms with Crippen LogP contribution in [0.3, 0.4) is 0 Å². The summed E-state index contributed by atoms with van der Waals surface area (Å²) in [5, 5.41) is 4.37. The summed E-state index contributed by atoms with van der Waals surface area (Å²) in [6.07, 6.45) is 10.2. The number of fused-ring (bicyclic) bond motifs is 2. The molecule has 4 rings (SSSR count). The lowest BCUT2D eigenvalue weighted by Crippen LogP contribution is -2.58. The van der Waals surface area contributed by atoms with Crippen molar-refractivity contribution in [2.75, 3.05) is 33.4 Å². The second-order valence-electron chi connectivity index (χ2n) is 7.63. The smallest absolute Gasteiger partial charge is 0.249 e. The molecule has 0 aromatic carbocycles. The van der Waals surface area contributed by atoms with Gasteiger partial charge in [0, 0.05) is 57.2 Å². The Morgan fingerprint density at radius 3 is 2.96 bits per heavy atom. The minimum absolute atomic E-state index is 0.0512. The number of aromatic amines is 1. The van der Waals surface area contributed by atoms with Crippen LogP contribution in [-0.2, 0) is 34.6 Å². The number of nitrogens with one attached hydrogen (secondary N) is 1. The maximum absolute atomic E-state index is 12.8. The van der Waals surface area contributed by atoms with Gasteiger partial charge in [-0.15, -0.1) is 6.58 Å². The van der Waals surface area contributed by atoms with Gasteiger partial charge in [0.15, 0.2) is 0 Å². The molecule has 2 aliphatic rings. The molecule has 1 N–H and O–H groups in total. The third-order valence-electron chi connectivity index (χ3n) is 5.92. The summed E-state index contributed by atoms with van der Waals surface area (Å²) in [6, 6.07) is 0. The lowest BCUT2D eigenvalue weighted by atomic mass is 9.78. The number of nitrogens with zero attached hydrogens (tertiary/aromatic N) is 5. The first-order valence-electron chi connectivity index (χ1n) is 9.83. The summed E-state index contributed by atoms with van der Waals surface area (Å²) < 4.78 is 7.04. The van der Waals surface area contributed by atoms with Crippen molar-refractivity contribution in [3.8, 4) is 0 Å². The molecule has 0 unspecified atom stereocenters. The number of rotatable bonds is 6. The van der Waals surface area contributed by atoms with Crippen molar-refractivity contribution in [2.45, 2.75) is 37.9 Å². The Hall–Kier alpha value is -2.45. The van der Waals surface area contributed by atoms with E-state index in [0.717, 1.165) is 51.1 Å². The van der Waals surface area contributed by atoms with E-state index in [0.29, 0.717) is 6.54 Å². The molecule has 2 aliphatic heterocycles. The number of H-pyrrole nitrogens is 1. The Kier molecular flexibility index (Phi) is 5.32. The summed E-state index contributed by atoms with van der Waals surface area (Å²) in [6.45, 7) is 8.01. The molecule has 1 saturated heterocycles. The molecule has 0 radical (unpaired) electrons. The van der Waals surface area contributed by atoms with Crippen LogP contribution in [0.25, 0.3) is 0 Å². The number of aromatic nitrogens is 4. The second kappa shape index (κ2) is 7.89. The molecule has 0 atom stereocenters. The van der Waals surface area contributed by atoms with Gasteiger partial charge in [-0.2, -0.15) is 5.10 Å². The van der Waals surface area contributed by atoms with Gasteiger partial charge in [0.25, 0.3) is 0 Å². The molecule has 4 heterocycles. The number of piperidine rings is 1. The van der Waals surface area contributed by atoms with Gasteiger partial charge in [-0.25, -0.2) is 4.98 Å². The molecule has 0 bridgehead atoms. The number of methoxy groups -OCH3 is 1. The van der Waals surface area contributed by atoms with Gasteiger partial charge in [0.05, 0.1) is 30.3 Å². The van der Waals surface area contributed by atoms with Crippen molar-refractivity contribution in [2.24, 2.45) is 0 Å². The Morgan fingerprint density at radius 2 is 2.21 bits per heavy atom. The Labute approximate surface area is 165 Å². The maximum atomic E-state index is 12.8. The Balaban J connectivity index is 1.49. The van der Waals surface area contributed by atoms with Crippen LogP contribution in [-0.4, -0.2) is 68.8 Å². The molecule has 8 nitrogen and oxygen atoms in total. The number of carbonyl (C=O) groups is 1. The zero-order chi connectivity index (χ0) is 19.6. The fourth-order valence-electron chi connectivity index (χ4n) is 4.61. The number of allylic oxidation sites excluding steroid dienone is 1. The van der Waals surface area contributed by atoms with Crippen LogP contribution < -0.4 is 0 Å². The molecule has 0 saturated carbocycles. The molecule has 1 spiro atoms. The van der Waals surface area contributed by atoms with Crippen LogP contribution in [0, 0.1) is 0 Å². The molecule has 2 aromatic rings. The van der Waals surface area contributed by atoms with Crippen molar-refractivity contribution in [3.05, 3.63) is 48.3 Å². The molecule has 0 aliphatic carbocycles. The molecule has 150 valence electrons. The Bertz CT molecular complexity index is 833. The highest BCUT2D eigenvalue weighted by molar-refractivity contribution is 5.79. The average Bonchev–Trinajstić information content (AvgIpc) is 3.34. The summed E-state index contributed by atoms with van der Waals surface area (Å²) >= 11 is 0. The predicted molar refractivity (Wildman–Crippen MR) is 104 cm³/mol. The van der Waals surface area contributed by atoms with Crippen molar-refractivity contribution in [3.63, 3.8) is 0 Å². The third-order valence-corrected chi connectivity index (χ3v) is 5.92. The highest BCUT2D eigenvalue weighted by Gasteiger charge is 2.48. The third kappa shape index (κ3) is 3.38. The molecule has 8 heteroatoms. The van der Waals surface area contributed by atoms with Crippen LogP contribution in [0.5, 0.6) is 0 Å². The van der Waals surface area contributed by atoms with Gasteiger partial charge < -0.3 is 14.6 Å². The van der Waals surface area contributed by atoms with Crippen molar-refractivity contribution in [1.82, 2.24) is 29.5 Å². The van der Waals surface area contributed by atoms with E-state index in [1.54, 1.807) is 13.4 Å². The van der Waals surface area contributed by atoms with Crippen molar-refractivity contribution < 1.29 is 9.53 Å². The first kappa shape index (κ1) is 18.9. The van der Waals surface area contributed by atoms with E-state index in [-0.39, 0.29) is 18.1 Å². The zero-order valence-electron chi connectivity index (χ0n) is 16.4. The van der Waals surface area contributed by atoms with E-state index >= 15 is 0 Å². The minimum Gasteiger partial charge on any atom is -0.375 e. The van der Waals surface area contributed by atoms with E-state index in [2.05, 4.69) is 32.7 Å². The molecule has 28 heavy (non-hydrogen) atoms.